The fourth-order valence-electron chi connectivity index (χ4n) is 3.57. The van der Waals surface area contributed by atoms with Crippen LogP contribution in [0.3, 0.4) is 0 Å². The molecule has 1 amide bonds. The van der Waals surface area contributed by atoms with Crippen molar-refractivity contribution in [2.75, 3.05) is 6.61 Å². The number of carbonyl (C=O) groups is 1. The van der Waals surface area contributed by atoms with Crippen LogP contribution in [0.4, 0.5) is 8.78 Å². The number of aromatic nitrogens is 1. The van der Waals surface area contributed by atoms with Crippen molar-refractivity contribution in [2.45, 2.75) is 50.7 Å². The van der Waals surface area contributed by atoms with Crippen molar-refractivity contribution < 1.29 is 23.4 Å². The van der Waals surface area contributed by atoms with Crippen LogP contribution in [0.2, 0.25) is 0 Å². The van der Waals surface area contributed by atoms with Crippen molar-refractivity contribution in [3.63, 3.8) is 0 Å². The number of aliphatic hydroxyl groups is 1. The van der Waals surface area contributed by atoms with E-state index in [0.717, 1.165) is 44.2 Å². The van der Waals surface area contributed by atoms with Gasteiger partial charge in [-0.25, -0.2) is 13.8 Å². The molecule has 29 heavy (non-hydrogen) atoms. The fraction of sp³-hybridized carbons (Fsp3) is 0.455. The molecule has 0 aliphatic heterocycles. The molecule has 1 heterocycles. The lowest BCUT2D eigenvalue weighted by molar-refractivity contribution is 0.0717. The molecule has 4 rings (SSSR count). The molecule has 2 aliphatic rings. The Morgan fingerprint density at radius 3 is 2.66 bits per heavy atom. The number of rotatable bonds is 6. The molecule has 2 aromatic rings. The molecule has 2 atom stereocenters. The van der Waals surface area contributed by atoms with Gasteiger partial charge in [0.05, 0.1) is 24.3 Å². The maximum atomic E-state index is 13.8. The second-order valence-electron chi connectivity index (χ2n) is 7.89. The predicted octanol–water partition coefficient (Wildman–Crippen LogP) is 3.85. The smallest absolute Gasteiger partial charge is 0.253 e. The Bertz CT molecular complexity index is 902. The van der Waals surface area contributed by atoms with E-state index in [1.54, 1.807) is 6.07 Å². The van der Waals surface area contributed by atoms with Gasteiger partial charge in [0, 0.05) is 11.8 Å². The average Bonchev–Trinajstić information content (AvgIpc) is 3.54. The number of pyridine rings is 1. The van der Waals surface area contributed by atoms with Gasteiger partial charge in [-0.2, -0.15) is 0 Å². The Morgan fingerprint density at radius 1 is 1.14 bits per heavy atom. The number of benzene rings is 1. The lowest BCUT2D eigenvalue weighted by atomic mass is 9.92. The molecule has 0 radical (unpaired) electrons. The molecule has 0 saturated heterocycles. The standard InChI is InChI=1S/C22H24F2N2O3/c23-17-8-7-14(10-18(17)24)16-9-15(11-25-22(16)29-12-13-5-6-13)21(28)26-19-3-1-2-4-20(19)27/h7-11,13,19-20,27H,1-6,12H2,(H,26,28)/t19-,20-/m1/s1. The maximum absolute atomic E-state index is 13.8. The third-order valence-corrected chi connectivity index (χ3v) is 5.54. The van der Waals surface area contributed by atoms with Gasteiger partial charge >= 0.3 is 0 Å². The van der Waals surface area contributed by atoms with Crippen LogP contribution in [0.5, 0.6) is 5.88 Å². The molecule has 0 bridgehead atoms. The largest absolute Gasteiger partial charge is 0.477 e. The molecular formula is C22H24F2N2O3. The maximum Gasteiger partial charge on any atom is 0.253 e. The normalized spacial score (nSPS) is 21.6. The van der Waals surface area contributed by atoms with E-state index in [-0.39, 0.29) is 23.4 Å². The number of amides is 1. The van der Waals surface area contributed by atoms with Crippen LogP contribution in [0, 0.1) is 17.6 Å². The van der Waals surface area contributed by atoms with Crippen molar-refractivity contribution in [3.05, 3.63) is 47.7 Å². The third-order valence-electron chi connectivity index (χ3n) is 5.54. The Labute approximate surface area is 168 Å². The Balaban J connectivity index is 1.60. The van der Waals surface area contributed by atoms with Crippen molar-refractivity contribution in [1.29, 1.82) is 0 Å². The first kappa shape index (κ1) is 19.8. The number of aliphatic hydroxyl groups excluding tert-OH is 1. The Kier molecular flexibility index (Phi) is 5.76. The minimum absolute atomic E-state index is 0.279. The van der Waals surface area contributed by atoms with Gasteiger partial charge in [-0.3, -0.25) is 4.79 Å². The minimum atomic E-state index is -0.976. The van der Waals surface area contributed by atoms with Gasteiger partial charge in [-0.05, 0) is 55.4 Å². The number of hydrogen-bond donors (Lipinski definition) is 2. The van der Waals surface area contributed by atoms with Gasteiger partial charge in [-0.15, -0.1) is 0 Å². The van der Waals surface area contributed by atoms with Crippen molar-refractivity contribution >= 4 is 5.91 Å². The van der Waals surface area contributed by atoms with Crippen molar-refractivity contribution in [2.24, 2.45) is 5.92 Å². The number of carbonyl (C=O) groups excluding carboxylic acids is 1. The first-order valence-corrected chi connectivity index (χ1v) is 10.1. The second-order valence-corrected chi connectivity index (χ2v) is 7.89. The summed E-state index contributed by atoms with van der Waals surface area (Å²) in [7, 11) is 0. The summed E-state index contributed by atoms with van der Waals surface area (Å²) in [6, 6.07) is 4.83. The third kappa shape index (κ3) is 4.72. The van der Waals surface area contributed by atoms with Crippen LogP contribution in [-0.4, -0.2) is 34.8 Å². The predicted molar refractivity (Wildman–Crippen MR) is 104 cm³/mol. The SMILES string of the molecule is O=C(N[C@@H]1CCCC[C@H]1O)c1cnc(OCC2CC2)c(-c2ccc(F)c(F)c2)c1. The van der Waals surface area contributed by atoms with Crippen molar-refractivity contribution in [3.8, 4) is 17.0 Å². The van der Waals surface area contributed by atoms with E-state index < -0.39 is 17.7 Å². The van der Waals surface area contributed by atoms with Crippen LogP contribution in [-0.2, 0) is 0 Å². The van der Waals surface area contributed by atoms with Crippen molar-refractivity contribution in [1.82, 2.24) is 10.3 Å². The average molecular weight is 402 g/mol. The topological polar surface area (TPSA) is 71.5 Å². The first-order valence-electron chi connectivity index (χ1n) is 10.1. The zero-order valence-corrected chi connectivity index (χ0v) is 16.0. The Hall–Kier alpha value is -2.54. The van der Waals surface area contributed by atoms with Crippen LogP contribution in [0.25, 0.3) is 11.1 Å². The highest BCUT2D eigenvalue weighted by atomic mass is 19.2. The number of halogens is 2. The molecule has 5 nitrogen and oxygen atoms in total. The summed E-state index contributed by atoms with van der Waals surface area (Å²) in [6.07, 6.45) is 6.34. The molecular weight excluding hydrogens is 378 g/mol. The van der Waals surface area contributed by atoms with Gasteiger partial charge in [0.25, 0.3) is 5.91 Å². The fourth-order valence-corrected chi connectivity index (χ4v) is 3.57. The van der Waals surface area contributed by atoms with Gasteiger partial charge < -0.3 is 15.2 Å². The van der Waals surface area contributed by atoms with Crippen LogP contribution in [0.15, 0.2) is 30.5 Å². The van der Waals surface area contributed by atoms with E-state index in [0.29, 0.717) is 30.1 Å². The summed E-state index contributed by atoms with van der Waals surface area (Å²) >= 11 is 0. The molecule has 2 saturated carbocycles. The monoisotopic (exact) mass is 402 g/mol. The van der Waals surface area contributed by atoms with Gasteiger partial charge in [-0.1, -0.05) is 18.9 Å². The quantitative estimate of drug-likeness (QED) is 0.770. The van der Waals surface area contributed by atoms with E-state index in [1.807, 2.05) is 0 Å². The summed E-state index contributed by atoms with van der Waals surface area (Å²) in [6.45, 7) is 0.503. The molecule has 2 N–H and O–H groups in total. The zero-order valence-electron chi connectivity index (χ0n) is 16.0. The number of hydrogen-bond acceptors (Lipinski definition) is 4. The van der Waals surface area contributed by atoms with Gasteiger partial charge in [0.1, 0.15) is 0 Å². The number of nitrogens with zero attached hydrogens (tertiary/aromatic N) is 1. The molecule has 154 valence electrons. The van der Waals surface area contributed by atoms with E-state index in [1.165, 1.54) is 12.3 Å². The first-order chi connectivity index (χ1) is 14.0. The zero-order chi connectivity index (χ0) is 20.4. The Morgan fingerprint density at radius 2 is 1.93 bits per heavy atom. The van der Waals surface area contributed by atoms with E-state index >= 15 is 0 Å². The summed E-state index contributed by atoms with van der Waals surface area (Å²) in [5, 5.41) is 13.0. The lowest BCUT2D eigenvalue weighted by Crippen LogP contribution is -2.45. The molecule has 2 fully saturated rings. The second kappa shape index (κ2) is 8.45. The summed E-state index contributed by atoms with van der Waals surface area (Å²) in [4.78, 5) is 17.0. The number of nitrogens with one attached hydrogen (secondary N) is 1. The molecule has 1 aromatic carbocycles. The van der Waals surface area contributed by atoms with Crippen LogP contribution in [0.1, 0.15) is 48.9 Å². The van der Waals surface area contributed by atoms with E-state index in [4.69, 9.17) is 4.74 Å². The van der Waals surface area contributed by atoms with Gasteiger partial charge in [0.2, 0.25) is 5.88 Å². The van der Waals surface area contributed by atoms with Gasteiger partial charge in [0.15, 0.2) is 11.6 Å². The molecule has 2 aliphatic carbocycles. The lowest BCUT2D eigenvalue weighted by Gasteiger charge is -2.28. The molecule has 0 unspecified atom stereocenters. The van der Waals surface area contributed by atoms with Crippen LogP contribution >= 0.6 is 0 Å². The highest BCUT2D eigenvalue weighted by Gasteiger charge is 2.26. The summed E-state index contributed by atoms with van der Waals surface area (Å²) in [5.41, 5.74) is 1.09. The minimum Gasteiger partial charge on any atom is -0.477 e. The number of ether oxygens (including phenoxy) is 1. The molecule has 1 aromatic heterocycles. The highest BCUT2D eigenvalue weighted by Crippen LogP contribution is 2.34. The highest BCUT2D eigenvalue weighted by molar-refractivity contribution is 5.95. The van der Waals surface area contributed by atoms with E-state index in [9.17, 15) is 18.7 Å². The van der Waals surface area contributed by atoms with E-state index in [2.05, 4.69) is 10.3 Å². The van der Waals surface area contributed by atoms with Crippen LogP contribution < -0.4 is 10.1 Å². The molecule has 0 spiro atoms. The molecule has 7 heteroatoms. The summed E-state index contributed by atoms with van der Waals surface area (Å²) in [5.74, 6) is -1.50. The summed E-state index contributed by atoms with van der Waals surface area (Å²) < 4.78 is 32.9.